The number of hydrogen-bond donors (Lipinski definition) is 1. The molecule has 0 saturated heterocycles. The summed E-state index contributed by atoms with van der Waals surface area (Å²) < 4.78 is 4.87. The molecular formula is C13H27N3O2. The molecule has 0 amide bonds. The third-order valence-corrected chi connectivity index (χ3v) is 2.57. The predicted octanol–water partition coefficient (Wildman–Crippen LogP) is 1.64. The molecule has 0 fully saturated rings. The van der Waals surface area contributed by atoms with Gasteiger partial charge in [0, 0.05) is 33.6 Å². The van der Waals surface area contributed by atoms with E-state index in [2.05, 4.69) is 22.1 Å². The Balaban J connectivity index is 3.77. The van der Waals surface area contributed by atoms with E-state index < -0.39 is 0 Å². The Hall–Kier alpha value is -1.26. The standard InChI is InChI=1S/C13H27N3O2/c1-5-7-11-16(4)13(14-3)15-10-8-9-12(17)18-6-2/h5-11H2,1-4H3,(H,14,15). The smallest absolute Gasteiger partial charge is 0.305 e. The Morgan fingerprint density at radius 1 is 1.33 bits per heavy atom. The fourth-order valence-electron chi connectivity index (χ4n) is 1.55. The first-order chi connectivity index (χ1) is 8.65. The monoisotopic (exact) mass is 257 g/mol. The van der Waals surface area contributed by atoms with Crippen LogP contribution in [0.3, 0.4) is 0 Å². The second kappa shape index (κ2) is 10.9. The third kappa shape index (κ3) is 7.92. The van der Waals surface area contributed by atoms with E-state index in [9.17, 15) is 4.79 Å². The Bertz CT molecular complexity index is 255. The lowest BCUT2D eigenvalue weighted by atomic mass is 10.3. The van der Waals surface area contributed by atoms with Gasteiger partial charge in [0.05, 0.1) is 6.61 Å². The SMILES string of the molecule is CCCCN(C)C(=NC)NCCCC(=O)OCC. The van der Waals surface area contributed by atoms with Gasteiger partial charge in [-0.25, -0.2) is 0 Å². The molecule has 0 spiro atoms. The van der Waals surface area contributed by atoms with Gasteiger partial charge >= 0.3 is 5.97 Å². The van der Waals surface area contributed by atoms with Crippen LogP contribution in [0.1, 0.15) is 39.5 Å². The second-order valence-electron chi connectivity index (χ2n) is 4.16. The van der Waals surface area contributed by atoms with Gasteiger partial charge in [0.25, 0.3) is 0 Å². The maximum Gasteiger partial charge on any atom is 0.305 e. The molecule has 5 nitrogen and oxygen atoms in total. The lowest BCUT2D eigenvalue weighted by Gasteiger charge is -2.21. The average molecular weight is 257 g/mol. The first-order valence-corrected chi connectivity index (χ1v) is 6.73. The van der Waals surface area contributed by atoms with Crippen LogP contribution >= 0.6 is 0 Å². The van der Waals surface area contributed by atoms with Crippen molar-refractivity contribution >= 4 is 11.9 Å². The number of rotatable bonds is 8. The van der Waals surface area contributed by atoms with Crippen LogP contribution in [0.15, 0.2) is 4.99 Å². The van der Waals surface area contributed by atoms with Gasteiger partial charge in [-0.05, 0) is 19.8 Å². The van der Waals surface area contributed by atoms with E-state index in [0.29, 0.717) is 13.0 Å². The highest BCUT2D eigenvalue weighted by Gasteiger charge is 2.05. The number of unbranched alkanes of at least 4 members (excludes halogenated alkanes) is 1. The van der Waals surface area contributed by atoms with Gasteiger partial charge in [-0.15, -0.1) is 0 Å². The summed E-state index contributed by atoms with van der Waals surface area (Å²) in [6.07, 6.45) is 3.54. The minimum Gasteiger partial charge on any atom is -0.466 e. The molecule has 0 aliphatic heterocycles. The minimum atomic E-state index is -0.131. The number of nitrogens with zero attached hydrogens (tertiary/aromatic N) is 2. The van der Waals surface area contributed by atoms with Crippen LogP contribution < -0.4 is 5.32 Å². The van der Waals surface area contributed by atoms with Crippen molar-refractivity contribution in [3.63, 3.8) is 0 Å². The fourth-order valence-corrected chi connectivity index (χ4v) is 1.55. The molecule has 18 heavy (non-hydrogen) atoms. The van der Waals surface area contributed by atoms with Crippen molar-refractivity contribution < 1.29 is 9.53 Å². The minimum absolute atomic E-state index is 0.131. The zero-order valence-electron chi connectivity index (χ0n) is 12.2. The van der Waals surface area contributed by atoms with Crippen LogP contribution in [-0.2, 0) is 9.53 Å². The molecule has 0 aliphatic rings. The number of ether oxygens (including phenoxy) is 1. The molecule has 1 N–H and O–H groups in total. The zero-order chi connectivity index (χ0) is 13.8. The van der Waals surface area contributed by atoms with Crippen molar-refractivity contribution in [2.75, 3.05) is 33.8 Å². The van der Waals surface area contributed by atoms with Gasteiger partial charge < -0.3 is 15.0 Å². The molecule has 0 atom stereocenters. The number of carbonyl (C=O) groups is 1. The number of aliphatic imine (C=N–C) groups is 1. The van der Waals surface area contributed by atoms with Crippen molar-refractivity contribution in [1.82, 2.24) is 10.2 Å². The summed E-state index contributed by atoms with van der Waals surface area (Å²) in [6.45, 7) is 6.17. The van der Waals surface area contributed by atoms with E-state index in [4.69, 9.17) is 4.74 Å². The number of esters is 1. The van der Waals surface area contributed by atoms with Crippen molar-refractivity contribution in [1.29, 1.82) is 0 Å². The van der Waals surface area contributed by atoms with E-state index >= 15 is 0 Å². The quantitative estimate of drug-likeness (QED) is 0.311. The highest BCUT2D eigenvalue weighted by Crippen LogP contribution is 1.95. The average Bonchev–Trinajstić information content (AvgIpc) is 2.36. The summed E-state index contributed by atoms with van der Waals surface area (Å²) in [5.74, 6) is 0.751. The molecule has 0 aromatic carbocycles. The molecule has 0 aromatic heterocycles. The van der Waals surface area contributed by atoms with Crippen LogP contribution in [0.2, 0.25) is 0 Å². The van der Waals surface area contributed by atoms with Gasteiger partial charge in [-0.3, -0.25) is 9.79 Å². The summed E-state index contributed by atoms with van der Waals surface area (Å²) in [6, 6.07) is 0. The molecule has 0 saturated carbocycles. The number of nitrogens with one attached hydrogen (secondary N) is 1. The highest BCUT2D eigenvalue weighted by atomic mass is 16.5. The van der Waals surface area contributed by atoms with Crippen molar-refractivity contribution in [2.24, 2.45) is 4.99 Å². The van der Waals surface area contributed by atoms with Crippen LogP contribution in [0, 0.1) is 0 Å². The molecule has 0 aliphatic carbocycles. The first kappa shape index (κ1) is 16.7. The van der Waals surface area contributed by atoms with Crippen molar-refractivity contribution in [3.05, 3.63) is 0 Å². The highest BCUT2D eigenvalue weighted by molar-refractivity contribution is 5.79. The number of hydrogen-bond acceptors (Lipinski definition) is 3. The molecule has 106 valence electrons. The molecular weight excluding hydrogens is 230 g/mol. The third-order valence-electron chi connectivity index (χ3n) is 2.57. The topological polar surface area (TPSA) is 53.9 Å². The maximum absolute atomic E-state index is 11.1. The van der Waals surface area contributed by atoms with E-state index in [0.717, 1.165) is 31.9 Å². The summed E-state index contributed by atoms with van der Waals surface area (Å²) >= 11 is 0. The fraction of sp³-hybridized carbons (Fsp3) is 0.846. The van der Waals surface area contributed by atoms with Crippen LogP contribution in [0.25, 0.3) is 0 Å². The number of carbonyl (C=O) groups excluding carboxylic acids is 1. The largest absolute Gasteiger partial charge is 0.466 e. The number of guanidine groups is 1. The summed E-state index contributed by atoms with van der Waals surface area (Å²) in [4.78, 5) is 17.5. The molecule has 0 rings (SSSR count). The molecule has 0 heterocycles. The molecule has 0 bridgehead atoms. The summed E-state index contributed by atoms with van der Waals surface area (Å²) in [7, 11) is 3.80. The molecule has 0 aromatic rings. The molecule has 5 heteroatoms. The summed E-state index contributed by atoms with van der Waals surface area (Å²) in [5.41, 5.74) is 0. The maximum atomic E-state index is 11.1. The second-order valence-corrected chi connectivity index (χ2v) is 4.16. The van der Waals surface area contributed by atoms with Gasteiger partial charge in [-0.2, -0.15) is 0 Å². The van der Waals surface area contributed by atoms with Gasteiger partial charge in [0.15, 0.2) is 5.96 Å². The molecule has 0 radical (unpaired) electrons. The Kier molecular flexibility index (Phi) is 10.1. The van der Waals surface area contributed by atoms with Crippen LogP contribution in [-0.4, -0.2) is 50.6 Å². The first-order valence-electron chi connectivity index (χ1n) is 6.73. The predicted molar refractivity (Wildman–Crippen MR) is 74.8 cm³/mol. The van der Waals surface area contributed by atoms with Crippen molar-refractivity contribution in [2.45, 2.75) is 39.5 Å². The molecule has 0 unspecified atom stereocenters. The lowest BCUT2D eigenvalue weighted by molar-refractivity contribution is -0.143. The van der Waals surface area contributed by atoms with Crippen molar-refractivity contribution in [3.8, 4) is 0 Å². The van der Waals surface area contributed by atoms with E-state index in [1.807, 2.05) is 14.0 Å². The lowest BCUT2D eigenvalue weighted by Crippen LogP contribution is -2.39. The summed E-state index contributed by atoms with van der Waals surface area (Å²) in [5, 5.41) is 3.24. The Morgan fingerprint density at radius 3 is 2.61 bits per heavy atom. The van der Waals surface area contributed by atoms with E-state index in [1.165, 1.54) is 6.42 Å². The van der Waals surface area contributed by atoms with Crippen LogP contribution in [0.4, 0.5) is 0 Å². The van der Waals surface area contributed by atoms with Gasteiger partial charge in [0.2, 0.25) is 0 Å². The Labute approximate surface area is 111 Å². The Morgan fingerprint density at radius 2 is 2.06 bits per heavy atom. The van der Waals surface area contributed by atoms with Crippen LogP contribution in [0.5, 0.6) is 0 Å². The zero-order valence-corrected chi connectivity index (χ0v) is 12.2. The van der Waals surface area contributed by atoms with Gasteiger partial charge in [-0.1, -0.05) is 13.3 Å². The normalized spacial score (nSPS) is 11.2. The van der Waals surface area contributed by atoms with E-state index in [-0.39, 0.29) is 5.97 Å². The van der Waals surface area contributed by atoms with Gasteiger partial charge in [0.1, 0.15) is 0 Å². The van der Waals surface area contributed by atoms with E-state index in [1.54, 1.807) is 7.05 Å².